The second-order valence-electron chi connectivity index (χ2n) is 5.83. The number of aryl methyl sites for hydroxylation is 6. The van der Waals surface area contributed by atoms with E-state index in [0.717, 1.165) is 22.3 Å². The fourth-order valence-electron chi connectivity index (χ4n) is 2.56. The number of ketones is 1. The van der Waals surface area contributed by atoms with Gasteiger partial charge in [-0.2, -0.15) is 0 Å². The molecule has 0 fully saturated rings. The van der Waals surface area contributed by atoms with Crippen molar-refractivity contribution in [3.8, 4) is 0 Å². The molecule has 0 amide bonds. The molecule has 2 rings (SSSR count). The number of hydrogen-bond donors (Lipinski definition) is 0. The first kappa shape index (κ1) is 14.5. The summed E-state index contributed by atoms with van der Waals surface area (Å²) in [6.07, 6.45) is 0. The van der Waals surface area contributed by atoms with Crippen molar-refractivity contribution in [2.75, 3.05) is 0 Å². The molecule has 0 aliphatic rings. The van der Waals surface area contributed by atoms with E-state index >= 15 is 0 Å². The summed E-state index contributed by atoms with van der Waals surface area (Å²) in [5.41, 5.74) is 8.54. The molecule has 0 aromatic heterocycles. The zero-order valence-corrected chi connectivity index (χ0v) is 13.2. The van der Waals surface area contributed by atoms with Crippen molar-refractivity contribution in [2.24, 2.45) is 0 Å². The van der Waals surface area contributed by atoms with Crippen molar-refractivity contribution < 1.29 is 4.79 Å². The minimum Gasteiger partial charge on any atom is -0.289 e. The highest BCUT2D eigenvalue weighted by molar-refractivity contribution is 6.11. The monoisotopic (exact) mass is 266 g/mol. The molecule has 0 saturated carbocycles. The highest BCUT2D eigenvalue weighted by Gasteiger charge is 2.16. The SMILES string of the molecule is Cc1cc(C)c(C(=O)c2cc(C)c(C)cc2C)cc1C. The molecule has 0 spiro atoms. The first-order chi connectivity index (χ1) is 9.31. The quantitative estimate of drug-likeness (QED) is 0.716. The van der Waals surface area contributed by atoms with Crippen molar-refractivity contribution in [3.05, 3.63) is 68.8 Å². The van der Waals surface area contributed by atoms with E-state index in [2.05, 4.69) is 39.8 Å². The van der Waals surface area contributed by atoms with E-state index in [-0.39, 0.29) is 5.78 Å². The predicted molar refractivity (Wildman–Crippen MR) is 84.7 cm³/mol. The summed E-state index contributed by atoms with van der Waals surface area (Å²) < 4.78 is 0. The summed E-state index contributed by atoms with van der Waals surface area (Å²) in [4.78, 5) is 12.8. The molecule has 2 aromatic rings. The van der Waals surface area contributed by atoms with Gasteiger partial charge in [0.1, 0.15) is 0 Å². The standard InChI is InChI=1S/C19H22O/c1-11-7-15(5)17(9-13(11)3)19(20)18-10-14(4)12(2)8-16(18)6/h7-10H,1-6H3. The largest absolute Gasteiger partial charge is 0.289 e. The lowest BCUT2D eigenvalue weighted by molar-refractivity contribution is 0.103. The fraction of sp³-hybridized carbons (Fsp3) is 0.316. The highest BCUT2D eigenvalue weighted by atomic mass is 16.1. The van der Waals surface area contributed by atoms with Crippen LogP contribution in [0.3, 0.4) is 0 Å². The molecule has 1 nitrogen and oxygen atoms in total. The number of carbonyl (C=O) groups excluding carboxylic acids is 1. The first-order valence-electron chi connectivity index (χ1n) is 7.01. The molecule has 104 valence electrons. The molecular formula is C19H22O. The highest BCUT2D eigenvalue weighted by Crippen LogP contribution is 2.22. The van der Waals surface area contributed by atoms with Gasteiger partial charge in [0.05, 0.1) is 0 Å². The lowest BCUT2D eigenvalue weighted by Crippen LogP contribution is -2.08. The predicted octanol–water partition coefficient (Wildman–Crippen LogP) is 4.77. The second kappa shape index (κ2) is 5.24. The third kappa shape index (κ3) is 2.53. The van der Waals surface area contributed by atoms with Gasteiger partial charge in [0.25, 0.3) is 0 Å². The zero-order valence-electron chi connectivity index (χ0n) is 13.2. The molecule has 0 saturated heterocycles. The summed E-state index contributed by atoms with van der Waals surface area (Å²) >= 11 is 0. The molecule has 0 heterocycles. The van der Waals surface area contributed by atoms with Crippen molar-refractivity contribution >= 4 is 5.78 Å². The van der Waals surface area contributed by atoms with Gasteiger partial charge in [0, 0.05) is 11.1 Å². The van der Waals surface area contributed by atoms with Crippen LogP contribution < -0.4 is 0 Å². The summed E-state index contributed by atoms with van der Waals surface area (Å²) in [7, 11) is 0. The van der Waals surface area contributed by atoms with Gasteiger partial charge in [-0.1, -0.05) is 12.1 Å². The lowest BCUT2D eigenvalue weighted by Gasteiger charge is -2.12. The van der Waals surface area contributed by atoms with Crippen LogP contribution in [0.15, 0.2) is 24.3 Å². The summed E-state index contributed by atoms with van der Waals surface area (Å²) in [6.45, 7) is 12.3. The maximum Gasteiger partial charge on any atom is 0.193 e. The van der Waals surface area contributed by atoms with Gasteiger partial charge in [0.2, 0.25) is 0 Å². The Morgan fingerprint density at radius 3 is 1.20 bits per heavy atom. The van der Waals surface area contributed by atoms with Gasteiger partial charge in [0.15, 0.2) is 5.78 Å². The second-order valence-corrected chi connectivity index (χ2v) is 5.83. The lowest BCUT2D eigenvalue weighted by atomic mass is 9.91. The molecule has 0 atom stereocenters. The molecule has 0 aliphatic carbocycles. The van der Waals surface area contributed by atoms with E-state index in [9.17, 15) is 4.79 Å². The summed E-state index contributed by atoms with van der Waals surface area (Å²) in [5.74, 6) is 0.131. The smallest absolute Gasteiger partial charge is 0.193 e. The van der Waals surface area contributed by atoms with Crippen LogP contribution in [-0.4, -0.2) is 5.78 Å². The van der Waals surface area contributed by atoms with Crippen molar-refractivity contribution in [3.63, 3.8) is 0 Å². The van der Waals surface area contributed by atoms with E-state index in [1.807, 2.05) is 26.0 Å². The molecule has 0 bridgehead atoms. The Hall–Kier alpha value is -1.89. The Bertz CT molecular complexity index is 634. The number of hydrogen-bond acceptors (Lipinski definition) is 1. The van der Waals surface area contributed by atoms with Crippen molar-refractivity contribution in [1.82, 2.24) is 0 Å². The van der Waals surface area contributed by atoms with Crippen LogP contribution in [0.1, 0.15) is 49.3 Å². The van der Waals surface area contributed by atoms with Crippen LogP contribution in [0.2, 0.25) is 0 Å². The Kier molecular flexibility index (Phi) is 3.80. The summed E-state index contributed by atoms with van der Waals surface area (Å²) in [5, 5.41) is 0. The van der Waals surface area contributed by atoms with Gasteiger partial charge in [-0.15, -0.1) is 0 Å². The number of carbonyl (C=O) groups is 1. The maximum absolute atomic E-state index is 12.8. The first-order valence-corrected chi connectivity index (χ1v) is 7.01. The molecule has 2 aromatic carbocycles. The van der Waals surface area contributed by atoms with Crippen LogP contribution in [0.4, 0.5) is 0 Å². The zero-order chi connectivity index (χ0) is 15.0. The average molecular weight is 266 g/mol. The van der Waals surface area contributed by atoms with E-state index in [1.165, 1.54) is 22.3 Å². The molecule has 0 radical (unpaired) electrons. The van der Waals surface area contributed by atoms with Gasteiger partial charge in [-0.3, -0.25) is 4.79 Å². The average Bonchev–Trinajstić information content (AvgIpc) is 2.37. The van der Waals surface area contributed by atoms with Gasteiger partial charge >= 0.3 is 0 Å². The van der Waals surface area contributed by atoms with Crippen LogP contribution in [0.5, 0.6) is 0 Å². The number of benzene rings is 2. The number of rotatable bonds is 2. The van der Waals surface area contributed by atoms with Gasteiger partial charge in [-0.05, 0) is 87.1 Å². The molecule has 20 heavy (non-hydrogen) atoms. The van der Waals surface area contributed by atoms with Crippen LogP contribution >= 0.6 is 0 Å². The Morgan fingerprint density at radius 1 is 0.550 bits per heavy atom. The summed E-state index contributed by atoms with van der Waals surface area (Å²) in [6, 6.07) is 8.22. The third-order valence-electron chi connectivity index (χ3n) is 4.17. The molecule has 1 heteroatoms. The van der Waals surface area contributed by atoms with E-state index in [0.29, 0.717) is 0 Å². The van der Waals surface area contributed by atoms with Crippen molar-refractivity contribution in [2.45, 2.75) is 41.5 Å². The Labute approximate surface area is 121 Å². The fourth-order valence-corrected chi connectivity index (χ4v) is 2.56. The van der Waals surface area contributed by atoms with E-state index in [1.54, 1.807) is 0 Å². The van der Waals surface area contributed by atoms with Gasteiger partial charge < -0.3 is 0 Å². The minimum absolute atomic E-state index is 0.131. The maximum atomic E-state index is 12.8. The van der Waals surface area contributed by atoms with Crippen molar-refractivity contribution in [1.29, 1.82) is 0 Å². The van der Waals surface area contributed by atoms with Crippen LogP contribution in [0, 0.1) is 41.5 Å². The van der Waals surface area contributed by atoms with E-state index in [4.69, 9.17) is 0 Å². The normalized spacial score (nSPS) is 10.7. The minimum atomic E-state index is 0.131. The Balaban J connectivity index is 2.57. The molecule has 0 N–H and O–H groups in total. The van der Waals surface area contributed by atoms with Crippen LogP contribution in [-0.2, 0) is 0 Å². The van der Waals surface area contributed by atoms with Gasteiger partial charge in [-0.25, -0.2) is 0 Å². The van der Waals surface area contributed by atoms with Crippen LogP contribution in [0.25, 0.3) is 0 Å². The Morgan fingerprint density at radius 2 is 0.850 bits per heavy atom. The topological polar surface area (TPSA) is 17.1 Å². The van der Waals surface area contributed by atoms with E-state index < -0.39 is 0 Å². The molecule has 0 aliphatic heterocycles. The third-order valence-corrected chi connectivity index (χ3v) is 4.17. The molecular weight excluding hydrogens is 244 g/mol. The molecule has 0 unspecified atom stereocenters.